The molecule has 0 aromatic carbocycles. The van der Waals surface area contributed by atoms with Crippen LogP contribution in [0.1, 0.15) is 0 Å². The minimum Gasteiger partial charge on any atom is -0.467 e. The van der Waals surface area contributed by atoms with Crippen LogP contribution in [0.4, 0.5) is 0 Å². The lowest BCUT2D eigenvalue weighted by Gasteiger charge is -2.38. The van der Waals surface area contributed by atoms with Crippen molar-refractivity contribution in [2.75, 3.05) is 13.7 Å². The van der Waals surface area contributed by atoms with E-state index in [1.54, 1.807) is 0 Å². The van der Waals surface area contributed by atoms with Gasteiger partial charge in [-0.2, -0.15) is 0 Å². The van der Waals surface area contributed by atoms with Crippen molar-refractivity contribution in [2.24, 2.45) is 0 Å². The highest BCUT2D eigenvalue weighted by Gasteiger charge is 2.46. The quantitative estimate of drug-likeness (QED) is 0.368. The standard InChI is InChI=1S/C8H14O7/c1-14-8(13)7-6(12)5(11)4(10)3(2-9)15-7/h3-7,9-12H,2H2,1H3/t3-,4?,5?,6?,7?/m1/s1. The van der Waals surface area contributed by atoms with Gasteiger partial charge in [0.05, 0.1) is 13.7 Å². The molecule has 0 radical (unpaired) electrons. The predicted octanol–water partition coefficient (Wildman–Crippen LogP) is -3.00. The molecule has 1 saturated heterocycles. The summed E-state index contributed by atoms with van der Waals surface area (Å²) < 4.78 is 9.24. The van der Waals surface area contributed by atoms with E-state index in [4.69, 9.17) is 9.84 Å². The van der Waals surface area contributed by atoms with Gasteiger partial charge in [-0.25, -0.2) is 4.79 Å². The number of methoxy groups -OCH3 is 1. The summed E-state index contributed by atoms with van der Waals surface area (Å²) in [6.45, 7) is -0.571. The average molecular weight is 222 g/mol. The number of aliphatic hydroxyl groups is 4. The molecule has 1 aliphatic rings. The molecule has 5 atom stereocenters. The number of carbonyl (C=O) groups excluding carboxylic acids is 1. The fourth-order valence-corrected chi connectivity index (χ4v) is 1.41. The number of rotatable bonds is 2. The molecule has 1 aliphatic heterocycles. The Balaban J connectivity index is 2.78. The Morgan fingerprint density at radius 2 is 1.87 bits per heavy atom. The number of carbonyl (C=O) groups is 1. The van der Waals surface area contributed by atoms with E-state index in [0.717, 1.165) is 7.11 Å². The zero-order valence-electron chi connectivity index (χ0n) is 8.11. The molecule has 0 spiro atoms. The summed E-state index contributed by atoms with van der Waals surface area (Å²) in [5.41, 5.74) is 0. The normalized spacial score (nSPS) is 41.3. The Morgan fingerprint density at radius 1 is 1.27 bits per heavy atom. The summed E-state index contributed by atoms with van der Waals surface area (Å²) in [6.07, 6.45) is -7.08. The van der Waals surface area contributed by atoms with Crippen LogP contribution in [0.3, 0.4) is 0 Å². The van der Waals surface area contributed by atoms with Crippen LogP contribution in [-0.2, 0) is 14.3 Å². The van der Waals surface area contributed by atoms with E-state index in [-0.39, 0.29) is 0 Å². The number of hydrogen-bond donors (Lipinski definition) is 4. The van der Waals surface area contributed by atoms with Gasteiger partial charge in [-0.3, -0.25) is 0 Å². The monoisotopic (exact) mass is 222 g/mol. The number of aliphatic hydroxyl groups excluding tert-OH is 4. The minimum absolute atomic E-state index is 0.571. The van der Waals surface area contributed by atoms with E-state index < -0.39 is 43.1 Å². The van der Waals surface area contributed by atoms with E-state index >= 15 is 0 Å². The molecule has 7 heteroatoms. The molecule has 15 heavy (non-hydrogen) atoms. The highest BCUT2D eigenvalue weighted by atomic mass is 16.6. The molecule has 7 nitrogen and oxygen atoms in total. The van der Waals surface area contributed by atoms with Gasteiger partial charge in [-0.15, -0.1) is 0 Å². The summed E-state index contributed by atoms with van der Waals surface area (Å²) in [5, 5.41) is 36.9. The third kappa shape index (κ3) is 2.27. The fourth-order valence-electron chi connectivity index (χ4n) is 1.41. The van der Waals surface area contributed by atoms with Crippen molar-refractivity contribution in [1.29, 1.82) is 0 Å². The number of ether oxygens (including phenoxy) is 2. The lowest BCUT2D eigenvalue weighted by atomic mass is 9.95. The smallest absolute Gasteiger partial charge is 0.337 e. The van der Waals surface area contributed by atoms with Crippen LogP contribution >= 0.6 is 0 Å². The molecule has 0 amide bonds. The Labute approximate surface area is 85.9 Å². The Kier molecular flexibility index (Phi) is 4.00. The second kappa shape index (κ2) is 4.86. The van der Waals surface area contributed by atoms with Crippen LogP contribution in [-0.4, -0.2) is 70.6 Å². The Morgan fingerprint density at radius 3 is 2.33 bits per heavy atom. The lowest BCUT2D eigenvalue weighted by molar-refractivity contribution is -0.234. The number of hydrogen-bond acceptors (Lipinski definition) is 7. The summed E-state index contributed by atoms with van der Waals surface area (Å²) >= 11 is 0. The van der Waals surface area contributed by atoms with Gasteiger partial charge in [0, 0.05) is 0 Å². The van der Waals surface area contributed by atoms with Crippen LogP contribution in [0.15, 0.2) is 0 Å². The highest BCUT2D eigenvalue weighted by Crippen LogP contribution is 2.21. The molecule has 0 aromatic rings. The SMILES string of the molecule is COC(=O)C1O[C@H](CO)C(O)C(O)C1O. The molecule has 88 valence electrons. The largest absolute Gasteiger partial charge is 0.467 e. The van der Waals surface area contributed by atoms with Crippen LogP contribution < -0.4 is 0 Å². The average Bonchev–Trinajstić information content (AvgIpc) is 2.25. The summed E-state index contributed by atoms with van der Waals surface area (Å²) in [4.78, 5) is 11.1. The summed E-state index contributed by atoms with van der Waals surface area (Å²) in [5.74, 6) is -0.869. The molecule has 4 N–H and O–H groups in total. The Hall–Kier alpha value is -0.730. The summed E-state index contributed by atoms with van der Waals surface area (Å²) in [6, 6.07) is 0. The third-order valence-electron chi connectivity index (χ3n) is 2.33. The molecular formula is C8H14O7. The van der Waals surface area contributed by atoms with Gasteiger partial charge in [-0.1, -0.05) is 0 Å². The second-order valence-electron chi connectivity index (χ2n) is 3.27. The highest BCUT2D eigenvalue weighted by molar-refractivity contribution is 5.75. The molecule has 0 bridgehead atoms. The van der Waals surface area contributed by atoms with E-state index in [9.17, 15) is 20.1 Å². The lowest BCUT2D eigenvalue weighted by Crippen LogP contribution is -2.60. The predicted molar refractivity (Wildman–Crippen MR) is 45.8 cm³/mol. The molecule has 0 aromatic heterocycles. The van der Waals surface area contributed by atoms with E-state index in [1.807, 2.05) is 0 Å². The summed E-state index contributed by atoms with van der Waals surface area (Å²) in [7, 11) is 1.10. The van der Waals surface area contributed by atoms with Crippen LogP contribution in [0, 0.1) is 0 Å². The van der Waals surface area contributed by atoms with E-state index in [2.05, 4.69) is 4.74 Å². The first-order valence-corrected chi connectivity index (χ1v) is 4.41. The zero-order chi connectivity index (χ0) is 11.6. The molecule has 0 saturated carbocycles. The molecular weight excluding hydrogens is 208 g/mol. The first-order valence-electron chi connectivity index (χ1n) is 4.41. The molecule has 0 aliphatic carbocycles. The molecule has 1 rings (SSSR count). The third-order valence-corrected chi connectivity index (χ3v) is 2.33. The van der Waals surface area contributed by atoms with Crippen molar-refractivity contribution < 1.29 is 34.7 Å². The van der Waals surface area contributed by atoms with Crippen molar-refractivity contribution in [1.82, 2.24) is 0 Å². The van der Waals surface area contributed by atoms with Gasteiger partial charge >= 0.3 is 5.97 Å². The molecule has 1 heterocycles. The minimum atomic E-state index is -1.57. The molecule has 4 unspecified atom stereocenters. The van der Waals surface area contributed by atoms with Crippen molar-refractivity contribution in [2.45, 2.75) is 30.5 Å². The van der Waals surface area contributed by atoms with Crippen LogP contribution in [0.25, 0.3) is 0 Å². The maximum absolute atomic E-state index is 11.1. The Bertz CT molecular complexity index is 229. The first kappa shape index (κ1) is 12.3. The van der Waals surface area contributed by atoms with Gasteiger partial charge in [-0.05, 0) is 0 Å². The first-order chi connectivity index (χ1) is 7.02. The van der Waals surface area contributed by atoms with Gasteiger partial charge in [0.25, 0.3) is 0 Å². The maximum atomic E-state index is 11.1. The van der Waals surface area contributed by atoms with Crippen LogP contribution in [0.2, 0.25) is 0 Å². The van der Waals surface area contributed by atoms with E-state index in [1.165, 1.54) is 0 Å². The maximum Gasteiger partial charge on any atom is 0.337 e. The fraction of sp³-hybridized carbons (Fsp3) is 0.875. The second-order valence-corrected chi connectivity index (χ2v) is 3.27. The van der Waals surface area contributed by atoms with Gasteiger partial charge < -0.3 is 29.9 Å². The van der Waals surface area contributed by atoms with Gasteiger partial charge in [0.2, 0.25) is 0 Å². The van der Waals surface area contributed by atoms with Crippen molar-refractivity contribution in [3.63, 3.8) is 0 Å². The van der Waals surface area contributed by atoms with Gasteiger partial charge in [0.15, 0.2) is 6.10 Å². The number of esters is 1. The zero-order valence-corrected chi connectivity index (χ0v) is 8.11. The van der Waals surface area contributed by atoms with Crippen molar-refractivity contribution in [3.8, 4) is 0 Å². The molecule has 1 fully saturated rings. The van der Waals surface area contributed by atoms with Crippen molar-refractivity contribution in [3.05, 3.63) is 0 Å². The van der Waals surface area contributed by atoms with Gasteiger partial charge in [0.1, 0.15) is 24.4 Å². The van der Waals surface area contributed by atoms with Crippen molar-refractivity contribution >= 4 is 5.97 Å². The topological polar surface area (TPSA) is 116 Å². The van der Waals surface area contributed by atoms with E-state index in [0.29, 0.717) is 0 Å². The van der Waals surface area contributed by atoms with Crippen LogP contribution in [0.5, 0.6) is 0 Å².